The fourth-order valence-electron chi connectivity index (χ4n) is 3.93. The number of aliphatic hydroxyl groups is 1. The van der Waals surface area contributed by atoms with E-state index in [1.165, 1.54) is 19.1 Å². The van der Waals surface area contributed by atoms with Crippen molar-refractivity contribution in [1.29, 1.82) is 0 Å². The average Bonchev–Trinajstić information content (AvgIpc) is 3.10. The van der Waals surface area contributed by atoms with Gasteiger partial charge in [0.2, 0.25) is 0 Å². The molecule has 1 unspecified atom stereocenters. The molecule has 7 heteroatoms. The highest BCUT2D eigenvalue weighted by Crippen LogP contribution is 2.46. The average molecular weight is 464 g/mol. The van der Waals surface area contributed by atoms with Crippen molar-refractivity contribution in [3.05, 3.63) is 94.0 Å². The largest absolute Gasteiger partial charge is 0.507 e. The van der Waals surface area contributed by atoms with Crippen LogP contribution in [0.1, 0.15) is 22.7 Å². The third-order valence-electron chi connectivity index (χ3n) is 5.66. The van der Waals surface area contributed by atoms with Gasteiger partial charge in [-0.15, -0.1) is 0 Å². The minimum absolute atomic E-state index is 0.0468. The molecule has 1 aliphatic rings. The molecule has 0 saturated carbocycles. The van der Waals surface area contributed by atoms with Crippen LogP contribution in [-0.4, -0.2) is 31.0 Å². The summed E-state index contributed by atoms with van der Waals surface area (Å²) in [5.74, 6) is -0.905. The van der Waals surface area contributed by atoms with E-state index >= 15 is 0 Å². The smallest absolute Gasteiger partial charge is 0.300 e. The monoisotopic (exact) mass is 463 g/mol. The van der Waals surface area contributed by atoms with Crippen molar-refractivity contribution >= 4 is 34.7 Å². The summed E-state index contributed by atoms with van der Waals surface area (Å²) >= 11 is 6.34. The third-order valence-corrected chi connectivity index (χ3v) is 6.06. The highest BCUT2D eigenvalue weighted by Gasteiger charge is 2.48. The van der Waals surface area contributed by atoms with E-state index in [0.717, 1.165) is 5.56 Å². The van der Waals surface area contributed by atoms with Crippen LogP contribution in [0.3, 0.4) is 0 Å². The molecule has 1 atom stereocenters. The predicted octanol–water partition coefficient (Wildman–Crippen LogP) is 5.29. The maximum Gasteiger partial charge on any atom is 0.300 e. The number of amides is 1. The standard InChI is InChI=1S/C26H22ClNO5/c1-15-9-10-17(13-20(15)27)28-23(19-14-18(32-2)11-12-21(19)33-3)22(25(30)26(28)31)24(29)16-7-5-4-6-8-16/h4-14,23,29H,1-3H3/b24-22+. The number of aryl methyl sites for hydroxylation is 1. The van der Waals surface area contributed by atoms with Crippen molar-refractivity contribution in [3.8, 4) is 11.5 Å². The minimum Gasteiger partial charge on any atom is -0.507 e. The van der Waals surface area contributed by atoms with Gasteiger partial charge in [0.25, 0.3) is 11.7 Å². The van der Waals surface area contributed by atoms with Gasteiger partial charge in [0.1, 0.15) is 17.3 Å². The van der Waals surface area contributed by atoms with Gasteiger partial charge in [0.05, 0.1) is 25.8 Å². The van der Waals surface area contributed by atoms with Crippen molar-refractivity contribution in [1.82, 2.24) is 0 Å². The Morgan fingerprint density at radius 2 is 1.70 bits per heavy atom. The molecule has 1 fully saturated rings. The van der Waals surface area contributed by atoms with E-state index in [0.29, 0.717) is 33.3 Å². The first kappa shape index (κ1) is 22.4. The fourth-order valence-corrected chi connectivity index (χ4v) is 4.10. The molecule has 1 amide bonds. The van der Waals surface area contributed by atoms with Gasteiger partial charge in [-0.3, -0.25) is 14.5 Å². The Morgan fingerprint density at radius 1 is 0.970 bits per heavy atom. The van der Waals surface area contributed by atoms with Gasteiger partial charge in [-0.05, 0) is 42.8 Å². The zero-order valence-corrected chi connectivity index (χ0v) is 19.1. The van der Waals surface area contributed by atoms with Crippen molar-refractivity contribution in [2.45, 2.75) is 13.0 Å². The van der Waals surface area contributed by atoms with Crippen LogP contribution in [0.15, 0.2) is 72.3 Å². The molecule has 3 aromatic carbocycles. The summed E-state index contributed by atoms with van der Waals surface area (Å²) < 4.78 is 10.9. The Hall–Kier alpha value is -3.77. The van der Waals surface area contributed by atoms with Gasteiger partial charge in [-0.1, -0.05) is 48.0 Å². The van der Waals surface area contributed by atoms with E-state index in [1.807, 2.05) is 6.92 Å². The van der Waals surface area contributed by atoms with Gasteiger partial charge >= 0.3 is 0 Å². The normalized spacial score (nSPS) is 17.3. The van der Waals surface area contributed by atoms with E-state index < -0.39 is 17.7 Å². The molecule has 6 nitrogen and oxygen atoms in total. The van der Waals surface area contributed by atoms with E-state index in [1.54, 1.807) is 66.7 Å². The number of aliphatic hydroxyl groups excluding tert-OH is 1. The van der Waals surface area contributed by atoms with Crippen LogP contribution >= 0.6 is 11.6 Å². The van der Waals surface area contributed by atoms with E-state index in [2.05, 4.69) is 0 Å². The highest BCUT2D eigenvalue weighted by molar-refractivity contribution is 6.52. The second kappa shape index (κ2) is 9.00. The number of Topliss-reactive ketones (excluding diaryl/α,β-unsaturated/α-hetero) is 1. The Balaban J connectivity index is 2.02. The molecule has 0 radical (unpaired) electrons. The van der Waals surface area contributed by atoms with E-state index in [9.17, 15) is 14.7 Å². The number of hydrogen-bond acceptors (Lipinski definition) is 5. The van der Waals surface area contributed by atoms with Crippen molar-refractivity contribution in [2.24, 2.45) is 0 Å². The molecular formula is C26H22ClNO5. The quantitative estimate of drug-likeness (QED) is 0.316. The second-order valence-electron chi connectivity index (χ2n) is 7.58. The Bertz CT molecular complexity index is 1270. The Kier molecular flexibility index (Phi) is 6.11. The summed E-state index contributed by atoms with van der Waals surface area (Å²) in [5.41, 5.74) is 2.12. The van der Waals surface area contributed by atoms with Gasteiger partial charge < -0.3 is 14.6 Å². The number of rotatable bonds is 5. The van der Waals surface area contributed by atoms with Crippen LogP contribution in [0.25, 0.3) is 5.76 Å². The lowest BCUT2D eigenvalue weighted by molar-refractivity contribution is -0.132. The summed E-state index contributed by atoms with van der Waals surface area (Å²) in [4.78, 5) is 27.9. The van der Waals surface area contributed by atoms with E-state index in [-0.39, 0.29) is 11.3 Å². The van der Waals surface area contributed by atoms with Gasteiger partial charge in [-0.25, -0.2) is 0 Å². The van der Waals surface area contributed by atoms with Crippen molar-refractivity contribution in [3.63, 3.8) is 0 Å². The first-order valence-electron chi connectivity index (χ1n) is 10.2. The fraction of sp³-hybridized carbons (Fsp3) is 0.154. The molecule has 1 heterocycles. The molecule has 168 valence electrons. The number of methoxy groups -OCH3 is 2. The number of halogens is 1. The van der Waals surface area contributed by atoms with Crippen LogP contribution in [0.4, 0.5) is 5.69 Å². The van der Waals surface area contributed by atoms with Crippen LogP contribution in [-0.2, 0) is 9.59 Å². The molecular weight excluding hydrogens is 442 g/mol. The Morgan fingerprint density at radius 3 is 2.33 bits per heavy atom. The topological polar surface area (TPSA) is 76.1 Å². The molecule has 4 rings (SSSR count). The third kappa shape index (κ3) is 3.94. The zero-order chi connectivity index (χ0) is 23.7. The lowest BCUT2D eigenvalue weighted by Crippen LogP contribution is -2.29. The molecule has 0 aromatic heterocycles. The lowest BCUT2D eigenvalue weighted by Gasteiger charge is -2.27. The first-order valence-corrected chi connectivity index (χ1v) is 10.6. The number of anilines is 1. The number of hydrogen-bond donors (Lipinski definition) is 1. The van der Waals surface area contributed by atoms with Crippen LogP contribution < -0.4 is 14.4 Å². The number of carbonyl (C=O) groups excluding carboxylic acids is 2. The summed E-state index contributed by atoms with van der Waals surface area (Å²) in [6.07, 6.45) is 0. The number of carbonyl (C=O) groups is 2. The number of ether oxygens (including phenoxy) is 2. The molecule has 0 spiro atoms. The summed E-state index contributed by atoms with van der Waals surface area (Å²) in [6.45, 7) is 1.85. The second-order valence-corrected chi connectivity index (χ2v) is 7.98. The molecule has 3 aromatic rings. The summed E-state index contributed by atoms with van der Waals surface area (Å²) in [5, 5.41) is 11.6. The minimum atomic E-state index is -0.964. The lowest BCUT2D eigenvalue weighted by atomic mass is 9.94. The van der Waals surface area contributed by atoms with Crippen LogP contribution in [0, 0.1) is 6.92 Å². The van der Waals surface area contributed by atoms with Crippen LogP contribution in [0.5, 0.6) is 11.5 Å². The molecule has 0 bridgehead atoms. The van der Waals surface area contributed by atoms with Gasteiger partial charge in [0.15, 0.2) is 0 Å². The molecule has 0 aliphatic carbocycles. The molecule has 1 saturated heterocycles. The summed E-state index contributed by atoms with van der Waals surface area (Å²) in [7, 11) is 3.02. The maximum atomic E-state index is 13.3. The van der Waals surface area contributed by atoms with Crippen molar-refractivity contribution < 1.29 is 24.2 Å². The molecule has 1 N–H and O–H groups in total. The Labute approximate surface area is 196 Å². The van der Waals surface area contributed by atoms with E-state index in [4.69, 9.17) is 21.1 Å². The van der Waals surface area contributed by atoms with Crippen molar-refractivity contribution in [2.75, 3.05) is 19.1 Å². The number of benzene rings is 3. The first-order chi connectivity index (χ1) is 15.9. The van der Waals surface area contributed by atoms with Gasteiger partial charge in [-0.2, -0.15) is 0 Å². The maximum absolute atomic E-state index is 13.3. The highest BCUT2D eigenvalue weighted by atomic mass is 35.5. The van der Waals surface area contributed by atoms with Gasteiger partial charge in [0, 0.05) is 21.8 Å². The summed E-state index contributed by atoms with van der Waals surface area (Å²) in [6, 6.07) is 17.9. The zero-order valence-electron chi connectivity index (χ0n) is 18.3. The predicted molar refractivity (Wildman–Crippen MR) is 127 cm³/mol. The molecule has 33 heavy (non-hydrogen) atoms. The SMILES string of the molecule is COc1ccc(OC)c(C2/C(=C(\O)c3ccccc3)C(=O)C(=O)N2c2ccc(C)c(Cl)c2)c1. The van der Waals surface area contributed by atoms with Crippen LogP contribution in [0.2, 0.25) is 5.02 Å². The molecule has 1 aliphatic heterocycles. The number of ketones is 1. The number of nitrogens with zero attached hydrogens (tertiary/aromatic N) is 1.